The zero-order valence-electron chi connectivity index (χ0n) is 15.4. The summed E-state index contributed by atoms with van der Waals surface area (Å²) in [5, 5.41) is 4.48. The van der Waals surface area contributed by atoms with Crippen LogP contribution in [-0.2, 0) is 16.6 Å². The van der Waals surface area contributed by atoms with Crippen LogP contribution in [0.2, 0.25) is 0 Å². The Bertz CT molecular complexity index is 964. The molecule has 27 heavy (non-hydrogen) atoms. The Hall–Kier alpha value is -2.58. The molecule has 0 aliphatic rings. The Kier molecular flexibility index (Phi) is 5.98. The van der Waals surface area contributed by atoms with Crippen LogP contribution in [0.25, 0.3) is 11.3 Å². The predicted molar refractivity (Wildman–Crippen MR) is 103 cm³/mol. The number of aryl methyl sites for hydroxylation is 1. The lowest BCUT2D eigenvalue weighted by atomic mass is 10.1. The van der Waals surface area contributed by atoms with Crippen molar-refractivity contribution < 1.29 is 17.6 Å². The number of rotatable bonds is 9. The summed E-state index contributed by atoms with van der Waals surface area (Å²) in [6.07, 6.45) is 1.62. The molecule has 0 amide bonds. The molecule has 0 aliphatic heterocycles. The van der Waals surface area contributed by atoms with Crippen molar-refractivity contribution in [2.75, 3.05) is 18.9 Å². The van der Waals surface area contributed by atoms with E-state index < -0.39 is 10.0 Å². The van der Waals surface area contributed by atoms with Crippen LogP contribution in [0.1, 0.15) is 11.4 Å². The van der Waals surface area contributed by atoms with E-state index in [2.05, 4.69) is 9.82 Å². The maximum absolute atomic E-state index is 12.1. The first kappa shape index (κ1) is 19.2. The van der Waals surface area contributed by atoms with Crippen LogP contribution in [0.15, 0.2) is 53.1 Å². The SMILES string of the molecule is Cc1nn(CCNS(=O)(=O)CCOc2ccccc2)c(C)c1-c1ccco1. The second-order valence-corrected chi connectivity index (χ2v) is 8.05. The van der Waals surface area contributed by atoms with E-state index in [9.17, 15) is 8.42 Å². The highest BCUT2D eigenvalue weighted by molar-refractivity contribution is 7.89. The second kappa shape index (κ2) is 8.41. The fourth-order valence-electron chi connectivity index (χ4n) is 2.86. The first-order chi connectivity index (χ1) is 13.0. The molecule has 0 saturated heterocycles. The smallest absolute Gasteiger partial charge is 0.215 e. The van der Waals surface area contributed by atoms with E-state index in [4.69, 9.17) is 9.15 Å². The van der Waals surface area contributed by atoms with Crippen LogP contribution in [0.4, 0.5) is 0 Å². The Morgan fingerprint density at radius 3 is 2.63 bits per heavy atom. The molecule has 0 radical (unpaired) electrons. The van der Waals surface area contributed by atoms with Gasteiger partial charge in [0.05, 0.1) is 29.8 Å². The Balaban J connectivity index is 1.51. The lowest BCUT2D eigenvalue weighted by Gasteiger charge is -2.09. The van der Waals surface area contributed by atoms with Gasteiger partial charge < -0.3 is 9.15 Å². The number of nitrogens with one attached hydrogen (secondary N) is 1. The molecule has 144 valence electrons. The van der Waals surface area contributed by atoms with Gasteiger partial charge in [0.25, 0.3) is 0 Å². The van der Waals surface area contributed by atoms with Crippen molar-refractivity contribution in [3.05, 3.63) is 60.1 Å². The molecule has 8 heteroatoms. The van der Waals surface area contributed by atoms with E-state index in [0.717, 1.165) is 22.7 Å². The van der Waals surface area contributed by atoms with E-state index in [0.29, 0.717) is 12.3 Å². The first-order valence-corrected chi connectivity index (χ1v) is 10.3. The van der Waals surface area contributed by atoms with E-state index in [-0.39, 0.29) is 18.9 Å². The lowest BCUT2D eigenvalue weighted by molar-refractivity contribution is 0.340. The monoisotopic (exact) mass is 389 g/mol. The van der Waals surface area contributed by atoms with Gasteiger partial charge in [-0.1, -0.05) is 18.2 Å². The molecule has 0 atom stereocenters. The molecule has 2 heterocycles. The van der Waals surface area contributed by atoms with Gasteiger partial charge in [-0.15, -0.1) is 0 Å². The number of ether oxygens (including phenoxy) is 1. The molecule has 1 N–H and O–H groups in total. The topological polar surface area (TPSA) is 86.4 Å². The van der Waals surface area contributed by atoms with Crippen LogP contribution < -0.4 is 9.46 Å². The summed E-state index contributed by atoms with van der Waals surface area (Å²) in [5.74, 6) is 1.31. The molecular formula is C19H23N3O4S. The Labute approximate surface area is 159 Å². The standard InChI is InChI=1S/C19H23N3O4S/c1-15-19(18-9-6-12-26-18)16(2)22(21-15)11-10-20-27(23,24)14-13-25-17-7-4-3-5-8-17/h3-9,12,20H,10-11,13-14H2,1-2H3. The van der Waals surface area contributed by atoms with E-state index >= 15 is 0 Å². The van der Waals surface area contributed by atoms with Gasteiger partial charge in [-0.2, -0.15) is 5.10 Å². The maximum atomic E-state index is 12.1. The molecule has 2 aromatic heterocycles. The van der Waals surface area contributed by atoms with Crippen LogP contribution >= 0.6 is 0 Å². The number of furan rings is 1. The van der Waals surface area contributed by atoms with Gasteiger partial charge in [0.2, 0.25) is 10.0 Å². The molecule has 0 fully saturated rings. The van der Waals surface area contributed by atoms with Crippen molar-refractivity contribution >= 4 is 10.0 Å². The summed E-state index contributed by atoms with van der Waals surface area (Å²) >= 11 is 0. The maximum Gasteiger partial charge on any atom is 0.215 e. The average Bonchev–Trinajstić information content (AvgIpc) is 3.24. The van der Waals surface area contributed by atoms with Crippen LogP contribution in [0.3, 0.4) is 0 Å². The molecule has 0 spiro atoms. The van der Waals surface area contributed by atoms with E-state index in [1.807, 2.05) is 44.2 Å². The summed E-state index contributed by atoms with van der Waals surface area (Å²) in [6.45, 7) is 4.65. The largest absolute Gasteiger partial charge is 0.492 e. The Morgan fingerprint density at radius 1 is 1.15 bits per heavy atom. The minimum absolute atomic E-state index is 0.0991. The normalized spacial score (nSPS) is 11.6. The second-order valence-electron chi connectivity index (χ2n) is 6.12. The number of sulfonamides is 1. The fraction of sp³-hybridized carbons (Fsp3) is 0.316. The lowest BCUT2D eigenvalue weighted by Crippen LogP contribution is -2.32. The van der Waals surface area contributed by atoms with E-state index in [1.165, 1.54) is 0 Å². The molecule has 0 unspecified atom stereocenters. The number of hydrogen-bond acceptors (Lipinski definition) is 5. The van der Waals surface area contributed by atoms with Crippen molar-refractivity contribution in [3.8, 4) is 17.1 Å². The predicted octanol–water partition coefficient (Wildman–Crippen LogP) is 2.76. The molecule has 3 rings (SSSR count). The van der Waals surface area contributed by atoms with Crippen molar-refractivity contribution in [1.29, 1.82) is 0 Å². The van der Waals surface area contributed by atoms with Crippen molar-refractivity contribution in [2.24, 2.45) is 0 Å². The van der Waals surface area contributed by atoms with Gasteiger partial charge in [0.15, 0.2) is 0 Å². The number of hydrogen-bond donors (Lipinski definition) is 1. The molecule has 3 aromatic rings. The van der Waals surface area contributed by atoms with Gasteiger partial charge in [-0.3, -0.25) is 4.68 Å². The first-order valence-electron chi connectivity index (χ1n) is 8.69. The zero-order chi connectivity index (χ0) is 19.3. The number of aromatic nitrogens is 2. The summed E-state index contributed by atoms with van der Waals surface area (Å²) in [6, 6.07) is 12.9. The molecule has 0 aliphatic carbocycles. The minimum atomic E-state index is -3.42. The summed E-state index contributed by atoms with van der Waals surface area (Å²) in [5.41, 5.74) is 2.73. The third kappa shape index (κ3) is 4.99. The fourth-order valence-corrected chi connectivity index (χ4v) is 3.71. The molecular weight excluding hydrogens is 366 g/mol. The highest BCUT2D eigenvalue weighted by Crippen LogP contribution is 2.26. The molecule has 0 bridgehead atoms. The molecule has 7 nitrogen and oxygen atoms in total. The van der Waals surface area contributed by atoms with E-state index in [1.54, 1.807) is 23.1 Å². The molecule has 1 aromatic carbocycles. The number of benzene rings is 1. The quantitative estimate of drug-likeness (QED) is 0.608. The molecule has 0 saturated carbocycles. The van der Waals surface area contributed by atoms with Crippen LogP contribution in [-0.4, -0.2) is 37.1 Å². The van der Waals surface area contributed by atoms with Crippen molar-refractivity contribution in [3.63, 3.8) is 0 Å². The zero-order valence-corrected chi connectivity index (χ0v) is 16.2. The van der Waals surface area contributed by atoms with Gasteiger partial charge in [0.1, 0.15) is 18.1 Å². The highest BCUT2D eigenvalue weighted by Gasteiger charge is 2.16. The average molecular weight is 389 g/mol. The number of para-hydroxylation sites is 1. The van der Waals surface area contributed by atoms with Crippen molar-refractivity contribution in [2.45, 2.75) is 20.4 Å². The third-order valence-corrected chi connectivity index (χ3v) is 5.51. The highest BCUT2D eigenvalue weighted by atomic mass is 32.2. The van der Waals surface area contributed by atoms with Gasteiger partial charge in [-0.25, -0.2) is 13.1 Å². The van der Waals surface area contributed by atoms with Gasteiger partial charge in [-0.05, 0) is 38.1 Å². The summed E-state index contributed by atoms with van der Waals surface area (Å²) in [4.78, 5) is 0. The minimum Gasteiger partial charge on any atom is -0.492 e. The summed E-state index contributed by atoms with van der Waals surface area (Å²) in [7, 11) is -3.42. The van der Waals surface area contributed by atoms with Crippen molar-refractivity contribution in [1.82, 2.24) is 14.5 Å². The van der Waals surface area contributed by atoms with Gasteiger partial charge >= 0.3 is 0 Å². The van der Waals surface area contributed by atoms with Gasteiger partial charge in [0, 0.05) is 12.2 Å². The third-order valence-electron chi connectivity index (χ3n) is 4.16. The van der Waals surface area contributed by atoms with Crippen LogP contribution in [0.5, 0.6) is 5.75 Å². The number of nitrogens with zero attached hydrogens (tertiary/aromatic N) is 2. The van der Waals surface area contributed by atoms with Crippen LogP contribution in [0, 0.1) is 13.8 Å². The summed E-state index contributed by atoms with van der Waals surface area (Å²) < 4.78 is 39.5. The Morgan fingerprint density at radius 2 is 1.93 bits per heavy atom.